The molecule has 0 aliphatic carbocycles. The zero-order valence-corrected chi connectivity index (χ0v) is 21.6. The molecule has 0 saturated carbocycles. The Morgan fingerprint density at radius 2 is 1.44 bits per heavy atom. The Morgan fingerprint density at radius 1 is 0.833 bits per heavy atom. The first kappa shape index (κ1) is 26.7. The van der Waals surface area contributed by atoms with Crippen LogP contribution in [0.1, 0.15) is 52.6 Å². The molecule has 4 N–H and O–H groups in total. The number of carbonyl (C=O) groups excluding carboxylic acids is 2. The highest BCUT2D eigenvalue weighted by Crippen LogP contribution is 2.26. The Kier molecular flexibility index (Phi) is 7.71. The summed E-state index contributed by atoms with van der Waals surface area (Å²) in [6, 6.07) is 17.2. The van der Waals surface area contributed by atoms with Gasteiger partial charge in [-0.05, 0) is 77.1 Å². The van der Waals surface area contributed by atoms with Crippen molar-refractivity contribution in [2.24, 2.45) is 0 Å². The smallest absolute Gasteiger partial charge is 0.272 e. The molecule has 0 unspecified atom stereocenters. The number of anilines is 2. The Morgan fingerprint density at radius 3 is 2.00 bits per heavy atom. The number of hydrazine groups is 1. The Labute approximate surface area is 211 Å². The first-order valence-electron chi connectivity index (χ1n) is 11.2. The summed E-state index contributed by atoms with van der Waals surface area (Å²) in [5, 5.41) is 10.7. The molecule has 190 valence electrons. The van der Waals surface area contributed by atoms with Crippen molar-refractivity contribution in [1.82, 2.24) is 10.4 Å². The van der Waals surface area contributed by atoms with E-state index in [2.05, 4.69) is 10.1 Å². The van der Waals surface area contributed by atoms with E-state index in [1.807, 2.05) is 25.4 Å². The van der Waals surface area contributed by atoms with Crippen LogP contribution in [0, 0.1) is 13.8 Å². The summed E-state index contributed by atoms with van der Waals surface area (Å²) in [6.45, 7) is 9.13. The molecule has 0 saturated heterocycles. The number of hydrogen-bond acceptors (Lipinski definition) is 6. The van der Waals surface area contributed by atoms with Crippen molar-refractivity contribution in [3.63, 3.8) is 0 Å². The van der Waals surface area contributed by atoms with E-state index in [4.69, 9.17) is 0 Å². The van der Waals surface area contributed by atoms with Gasteiger partial charge in [0, 0.05) is 11.1 Å². The van der Waals surface area contributed by atoms with Crippen molar-refractivity contribution in [3.05, 3.63) is 89.0 Å². The largest absolute Gasteiger partial charge is 0.291 e. The van der Waals surface area contributed by atoms with E-state index in [0.29, 0.717) is 5.56 Å². The second-order valence-electron chi connectivity index (χ2n) is 9.42. The van der Waals surface area contributed by atoms with E-state index in [-0.39, 0.29) is 27.7 Å². The number of rotatable bonds is 6. The minimum Gasteiger partial charge on any atom is -0.291 e. The molecule has 36 heavy (non-hydrogen) atoms. The highest BCUT2D eigenvalue weighted by molar-refractivity contribution is 7.92. The van der Waals surface area contributed by atoms with Gasteiger partial charge in [-0.3, -0.25) is 30.4 Å². The molecule has 9 nitrogen and oxygen atoms in total. The van der Waals surface area contributed by atoms with Gasteiger partial charge in [-0.2, -0.15) is 0 Å². The molecule has 0 aliphatic rings. The summed E-state index contributed by atoms with van der Waals surface area (Å²) in [7, 11) is -3.99. The van der Waals surface area contributed by atoms with E-state index in [9.17, 15) is 23.2 Å². The monoisotopic (exact) mass is 510 g/mol. The fourth-order valence-electron chi connectivity index (χ4n) is 3.59. The zero-order valence-electron chi connectivity index (χ0n) is 20.8. The molecular formula is C26H30N4O5S. The normalized spacial score (nSPS) is 11.5. The van der Waals surface area contributed by atoms with Crippen molar-refractivity contribution in [1.29, 1.82) is 0 Å². The fourth-order valence-corrected chi connectivity index (χ4v) is 4.68. The van der Waals surface area contributed by atoms with Crippen LogP contribution in [0.25, 0.3) is 0 Å². The topological polar surface area (TPSA) is 128 Å². The predicted molar refractivity (Wildman–Crippen MR) is 138 cm³/mol. The highest BCUT2D eigenvalue weighted by Gasteiger charge is 2.30. The summed E-state index contributed by atoms with van der Waals surface area (Å²) in [5.41, 5.74) is 6.15. The minimum absolute atomic E-state index is 0.0155. The maximum absolute atomic E-state index is 13.4. The van der Waals surface area contributed by atoms with Gasteiger partial charge in [-0.1, -0.05) is 35.4 Å². The molecule has 10 heteroatoms. The molecular weight excluding hydrogens is 480 g/mol. The lowest BCUT2D eigenvalue weighted by molar-refractivity contribution is 0.0358. The Bertz CT molecular complexity index is 1360. The molecule has 0 heterocycles. The van der Waals surface area contributed by atoms with Crippen LogP contribution in [0.4, 0.5) is 11.4 Å². The number of aryl methyl sites for hydroxylation is 2. The molecule has 0 spiro atoms. The average molecular weight is 511 g/mol. The number of sulfonamides is 1. The van der Waals surface area contributed by atoms with Gasteiger partial charge >= 0.3 is 0 Å². The van der Waals surface area contributed by atoms with E-state index >= 15 is 0 Å². The lowest BCUT2D eigenvalue weighted by Gasteiger charge is -2.35. The van der Waals surface area contributed by atoms with Crippen molar-refractivity contribution in [2.45, 2.75) is 45.1 Å². The molecule has 3 rings (SSSR count). The molecule has 0 fully saturated rings. The van der Waals surface area contributed by atoms with Gasteiger partial charge in [0.25, 0.3) is 21.8 Å². The number of nitrogens with one attached hydrogen (secondary N) is 3. The second kappa shape index (κ2) is 10.4. The van der Waals surface area contributed by atoms with Gasteiger partial charge in [0.05, 0.1) is 21.8 Å². The molecule has 0 aliphatic heterocycles. The third-order valence-electron chi connectivity index (χ3n) is 5.26. The summed E-state index contributed by atoms with van der Waals surface area (Å²) >= 11 is 0. The lowest BCUT2D eigenvalue weighted by Crippen LogP contribution is -2.55. The van der Waals surface area contributed by atoms with Gasteiger partial charge in [-0.15, -0.1) is 0 Å². The quantitative estimate of drug-likeness (QED) is 0.362. The van der Waals surface area contributed by atoms with E-state index in [0.717, 1.165) is 11.1 Å². The maximum atomic E-state index is 13.4. The SMILES string of the molecule is Cc1cc(C)cc(C(=O)N(NC(=O)c2ccc(NO)c(NS(=O)(=O)c3ccccc3)c2)C(C)(C)C)c1. The molecule has 3 aromatic rings. The molecule has 2 amide bonds. The van der Waals surface area contributed by atoms with Gasteiger partial charge in [0.1, 0.15) is 0 Å². The number of benzene rings is 3. The van der Waals surface area contributed by atoms with Gasteiger partial charge in [0.15, 0.2) is 0 Å². The second-order valence-corrected chi connectivity index (χ2v) is 11.1. The van der Waals surface area contributed by atoms with E-state index < -0.39 is 21.5 Å². The molecule has 0 atom stereocenters. The molecule has 3 aromatic carbocycles. The van der Waals surface area contributed by atoms with Crippen LogP contribution in [0.5, 0.6) is 0 Å². The highest BCUT2D eigenvalue weighted by atomic mass is 32.2. The molecule has 0 bridgehead atoms. The summed E-state index contributed by atoms with van der Waals surface area (Å²) in [5.74, 6) is -1.02. The van der Waals surface area contributed by atoms with Crippen molar-refractivity contribution in [3.8, 4) is 0 Å². The van der Waals surface area contributed by atoms with Crippen LogP contribution < -0.4 is 15.6 Å². The van der Waals surface area contributed by atoms with E-state index in [1.54, 1.807) is 51.1 Å². The first-order chi connectivity index (χ1) is 16.8. The zero-order chi connectivity index (χ0) is 26.7. The number of nitrogens with zero attached hydrogens (tertiary/aromatic N) is 1. The Hall–Kier alpha value is -3.89. The lowest BCUT2D eigenvalue weighted by atomic mass is 10.0. The number of hydrogen-bond donors (Lipinski definition) is 4. The summed E-state index contributed by atoms with van der Waals surface area (Å²) in [6.07, 6.45) is 0. The van der Waals surface area contributed by atoms with Crippen molar-refractivity contribution in [2.75, 3.05) is 10.2 Å². The van der Waals surface area contributed by atoms with Crippen LogP contribution in [0.3, 0.4) is 0 Å². The first-order valence-corrected chi connectivity index (χ1v) is 12.7. The van der Waals surface area contributed by atoms with Crippen LogP contribution in [0.2, 0.25) is 0 Å². The van der Waals surface area contributed by atoms with Crippen molar-refractivity contribution < 1.29 is 23.2 Å². The standard InChI is InChI=1S/C26H30N4O5S/c1-17-13-18(2)15-20(14-17)25(32)30(26(3,4)5)27-24(31)19-11-12-22(28-33)23(16-19)29-36(34,35)21-9-7-6-8-10-21/h6-16,28-29,33H,1-5H3,(H,27,31). The van der Waals surface area contributed by atoms with Gasteiger partial charge < -0.3 is 0 Å². The Balaban J connectivity index is 1.92. The number of carbonyl (C=O) groups is 2. The van der Waals surface area contributed by atoms with Crippen molar-refractivity contribution >= 4 is 33.2 Å². The number of amides is 2. The van der Waals surface area contributed by atoms with Crippen LogP contribution in [0.15, 0.2) is 71.6 Å². The third-order valence-corrected chi connectivity index (χ3v) is 6.64. The molecule has 0 radical (unpaired) electrons. The summed E-state index contributed by atoms with van der Waals surface area (Å²) in [4.78, 5) is 26.6. The third kappa shape index (κ3) is 6.21. The van der Waals surface area contributed by atoms with Crippen LogP contribution >= 0.6 is 0 Å². The van der Waals surface area contributed by atoms with Gasteiger partial charge in [0.2, 0.25) is 0 Å². The predicted octanol–water partition coefficient (Wildman–Crippen LogP) is 4.49. The van der Waals surface area contributed by atoms with E-state index in [1.165, 1.54) is 35.3 Å². The van der Waals surface area contributed by atoms with Crippen LogP contribution in [-0.4, -0.2) is 36.0 Å². The van der Waals surface area contributed by atoms with Gasteiger partial charge in [-0.25, -0.2) is 13.4 Å². The average Bonchev–Trinajstić information content (AvgIpc) is 2.81. The van der Waals surface area contributed by atoms with Crippen LogP contribution in [-0.2, 0) is 10.0 Å². The minimum atomic E-state index is -3.99. The fraction of sp³-hybridized carbons (Fsp3) is 0.231. The maximum Gasteiger partial charge on any atom is 0.272 e. The summed E-state index contributed by atoms with van der Waals surface area (Å²) < 4.78 is 28.0. The molecule has 0 aromatic heterocycles.